The van der Waals surface area contributed by atoms with Gasteiger partial charge in [-0.1, -0.05) is 12.8 Å². The van der Waals surface area contributed by atoms with Gasteiger partial charge in [0.1, 0.15) is 0 Å². The third kappa shape index (κ3) is 3.68. The Balaban J connectivity index is 2.05. The Bertz CT molecular complexity index is 375. The molecule has 0 radical (unpaired) electrons. The lowest BCUT2D eigenvalue weighted by Crippen LogP contribution is -2.49. The van der Waals surface area contributed by atoms with Crippen molar-refractivity contribution in [3.05, 3.63) is 0 Å². The Kier molecular flexibility index (Phi) is 5.22. The molecule has 2 saturated heterocycles. The maximum atomic E-state index is 12.6. The first-order valence-corrected chi connectivity index (χ1v) is 8.85. The fourth-order valence-electron chi connectivity index (χ4n) is 3.01. The molecule has 0 spiro atoms. The highest BCUT2D eigenvalue weighted by Gasteiger charge is 2.34. The van der Waals surface area contributed by atoms with Crippen LogP contribution in [0.1, 0.15) is 45.4 Å². The third-order valence-electron chi connectivity index (χ3n) is 4.32. The van der Waals surface area contributed by atoms with Crippen LogP contribution in [0, 0.1) is 5.92 Å². The van der Waals surface area contributed by atoms with Crippen molar-refractivity contribution < 1.29 is 13.5 Å². The van der Waals surface area contributed by atoms with Gasteiger partial charge >= 0.3 is 0 Å². The van der Waals surface area contributed by atoms with Crippen molar-refractivity contribution >= 4 is 10.2 Å². The molecule has 5 nitrogen and oxygen atoms in total. The zero-order valence-electron chi connectivity index (χ0n) is 11.8. The molecule has 2 atom stereocenters. The minimum absolute atomic E-state index is 0.0792. The van der Waals surface area contributed by atoms with Crippen LogP contribution in [0.3, 0.4) is 0 Å². The lowest BCUT2D eigenvalue weighted by Gasteiger charge is -2.36. The van der Waals surface area contributed by atoms with E-state index in [2.05, 4.69) is 0 Å². The van der Waals surface area contributed by atoms with Gasteiger partial charge in [0.25, 0.3) is 10.2 Å². The molecule has 19 heavy (non-hydrogen) atoms. The highest BCUT2D eigenvalue weighted by molar-refractivity contribution is 7.86. The smallest absolute Gasteiger partial charge is 0.281 e. The molecule has 2 heterocycles. The molecule has 0 unspecified atom stereocenters. The van der Waals surface area contributed by atoms with Crippen LogP contribution in [-0.2, 0) is 10.2 Å². The molecule has 1 N–H and O–H groups in total. The summed E-state index contributed by atoms with van der Waals surface area (Å²) in [4.78, 5) is 0. The van der Waals surface area contributed by atoms with Crippen LogP contribution in [-0.4, -0.2) is 54.4 Å². The lowest BCUT2D eigenvalue weighted by atomic mass is 9.95. The Morgan fingerprint density at radius 2 is 1.58 bits per heavy atom. The molecular formula is C13H26N2O3S. The van der Waals surface area contributed by atoms with E-state index < -0.39 is 16.3 Å². The summed E-state index contributed by atoms with van der Waals surface area (Å²) in [6.45, 7) is 4.13. The highest BCUT2D eigenvalue weighted by atomic mass is 32.2. The minimum Gasteiger partial charge on any atom is -0.393 e. The predicted octanol–water partition coefficient (Wildman–Crippen LogP) is 1.20. The Hall–Kier alpha value is -0.170. The second-order valence-corrected chi connectivity index (χ2v) is 7.75. The van der Waals surface area contributed by atoms with Gasteiger partial charge in [0, 0.05) is 26.2 Å². The molecule has 0 aromatic heterocycles. The van der Waals surface area contributed by atoms with Crippen molar-refractivity contribution in [1.29, 1.82) is 0 Å². The Morgan fingerprint density at radius 1 is 1.00 bits per heavy atom. The Labute approximate surface area is 116 Å². The van der Waals surface area contributed by atoms with E-state index >= 15 is 0 Å². The predicted molar refractivity (Wildman–Crippen MR) is 74.9 cm³/mol. The second kappa shape index (κ2) is 6.52. The normalized spacial score (nSPS) is 29.9. The van der Waals surface area contributed by atoms with Gasteiger partial charge in [-0.15, -0.1) is 0 Å². The van der Waals surface area contributed by atoms with E-state index in [-0.39, 0.29) is 5.92 Å². The van der Waals surface area contributed by atoms with Gasteiger partial charge in [0.05, 0.1) is 6.10 Å². The summed E-state index contributed by atoms with van der Waals surface area (Å²) >= 11 is 0. The molecular weight excluding hydrogens is 264 g/mol. The van der Waals surface area contributed by atoms with Crippen LogP contribution in [0.25, 0.3) is 0 Å². The molecule has 6 heteroatoms. The summed E-state index contributed by atoms with van der Waals surface area (Å²) in [6.07, 6.45) is 5.53. The monoisotopic (exact) mass is 290 g/mol. The summed E-state index contributed by atoms with van der Waals surface area (Å²) in [5, 5.41) is 9.68. The number of aliphatic hydroxyl groups is 1. The van der Waals surface area contributed by atoms with Crippen molar-refractivity contribution in [2.45, 2.75) is 51.6 Å². The van der Waals surface area contributed by atoms with Gasteiger partial charge in [-0.25, -0.2) is 0 Å². The van der Waals surface area contributed by atoms with Gasteiger partial charge in [0.2, 0.25) is 0 Å². The van der Waals surface area contributed by atoms with E-state index in [1.54, 1.807) is 15.5 Å². The SMILES string of the molecule is C[C@@H](O)[C@@H]1CCCN(S(=O)(=O)N2CCCCCC2)C1. The standard InChI is InChI=1S/C13H26N2O3S/c1-12(16)13-7-6-10-15(11-13)19(17,18)14-8-4-2-3-5-9-14/h12-13,16H,2-11H2,1H3/t12-,13-/m1/s1. The molecule has 0 saturated carbocycles. The van der Waals surface area contributed by atoms with Crippen LogP contribution in [0.4, 0.5) is 0 Å². The third-order valence-corrected chi connectivity index (χ3v) is 6.32. The molecule has 2 aliphatic rings. The molecule has 2 rings (SSSR count). The number of rotatable bonds is 3. The van der Waals surface area contributed by atoms with Gasteiger partial charge in [-0.2, -0.15) is 17.0 Å². The minimum atomic E-state index is -3.32. The van der Waals surface area contributed by atoms with Gasteiger partial charge < -0.3 is 5.11 Å². The average Bonchev–Trinajstić information content (AvgIpc) is 2.68. The highest BCUT2D eigenvalue weighted by Crippen LogP contribution is 2.24. The van der Waals surface area contributed by atoms with Crippen LogP contribution in [0.2, 0.25) is 0 Å². The number of hydrogen-bond acceptors (Lipinski definition) is 3. The summed E-state index contributed by atoms with van der Waals surface area (Å²) in [6, 6.07) is 0. The molecule has 0 bridgehead atoms. The van der Waals surface area contributed by atoms with Crippen LogP contribution >= 0.6 is 0 Å². The molecule has 0 aromatic rings. The van der Waals surface area contributed by atoms with E-state index in [0.29, 0.717) is 26.2 Å². The van der Waals surface area contributed by atoms with Crippen molar-refractivity contribution in [3.8, 4) is 0 Å². The summed E-state index contributed by atoms with van der Waals surface area (Å²) < 4.78 is 28.5. The number of hydrogen-bond donors (Lipinski definition) is 1. The molecule has 0 amide bonds. The summed E-state index contributed by atoms with van der Waals surface area (Å²) in [5.74, 6) is 0.0792. The van der Waals surface area contributed by atoms with Gasteiger partial charge in [0.15, 0.2) is 0 Å². The first-order valence-electron chi connectivity index (χ1n) is 7.45. The summed E-state index contributed by atoms with van der Waals surface area (Å²) in [7, 11) is -3.32. The van der Waals surface area contributed by atoms with E-state index in [4.69, 9.17) is 0 Å². The van der Waals surface area contributed by atoms with Gasteiger partial charge in [-0.3, -0.25) is 0 Å². The molecule has 0 aromatic carbocycles. The zero-order valence-corrected chi connectivity index (χ0v) is 12.6. The topological polar surface area (TPSA) is 60.9 Å². The second-order valence-electron chi connectivity index (χ2n) is 5.82. The quantitative estimate of drug-likeness (QED) is 0.849. The zero-order chi connectivity index (χ0) is 13.9. The molecule has 2 fully saturated rings. The Morgan fingerprint density at radius 3 is 2.16 bits per heavy atom. The number of nitrogens with zero attached hydrogens (tertiary/aromatic N) is 2. The van der Waals surface area contributed by atoms with E-state index in [0.717, 1.165) is 38.5 Å². The summed E-state index contributed by atoms with van der Waals surface area (Å²) in [5.41, 5.74) is 0. The van der Waals surface area contributed by atoms with Crippen molar-refractivity contribution in [2.75, 3.05) is 26.2 Å². The van der Waals surface area contributed by atoms with E-state index in [1.807, 2.05) is 0 Å². The van der Waals surface area contributed by atoms with Crippen LogP contribution in [0.5, 0.6) is 0 Å². The first-order chi connectivity index (χ1) is 9.01. The first kappa shape index (κ1) is 15.2. The molecule has 0 aliphatic carbocycles. The van der Waals surface area contributed by atoms with Crippen molar-refractivity contribution in [1.82, 2.24) is 8.61 Å². The molecule has 2 aliphatic heterocycles. The van der Waals surface area contributed by atoms with E-state index in [9.17, 15) is 13.5 Å². The van der Waals surface area contributed by atoms with Crippen LogP contribution in [0.15, 0.2) is 0 Å². The maximum absolute atomic E-state index is 12.6. The number of aliphatic hydroxyl groups excluding tert-OH is 1. The maximum Gasteiger partial charge on any atom is 0.281 e. The van der Waals surface area contributed by atoms with Crippen molar-refractivity contribution in [3.63, 3.8) is 0 Å². The van der Waals surface area contributed by atoms with E-state index in [1.165, 1.54) is 0 Å². The van der Waals surface area contributed by atoms with Gasteiger partial charge in [-0.05, 0) is 38.5 Å². The molecule has 112 valence electrons. The van der Waals surface area contributed by atoms with Crippen molar-refractivity contribution in [2.24, 2.45) is 5.92 Å². The number of piperidine rings is 1. The fourth-order valence-corrected chi connectivity index (χ4v) is 4.80. The average molecular weight is 290 g/mol. The largest absolute Gasteiger partial charge is 0.393 e. The van der Waals surface area contributed by atoms with Crippen LogP contribution < -0.4 is 0 Å². The lowest BCUT2D eigenvalue weighted by molar-refractivity contribution is 0.0866. The fraction of sp³-hybridized carbons (Fsp3) is 1.00.